The highest BCUT2D eigenvalue weighted by Crippen LogP contribution is 2.45. The van der Waals surface area contributed by atoms with Crippen LogP contribution in [0.3, 0.4) is 0 Å². The first-order chi connectivity index (χ1) is 15.4. The summed E-state index contributed by atoms with van der Waals surface area (Å²) >= 11 is 0. The van der Waals surface area contributed by atoms with E-state index < -0.39 is 0 Å². The maximum atomic E-state index is 13.5. The van der Waals surface area contributed by atoms with Crippen LogP contribution in [0.2, 0.25) is 0 Å². The van der Waals surface area contributed by atoms with Gasteiger partial charge in [0.05, 0.1) is 17.0 Å². The minimum atomic E-state index is -0.266. The Morgan fingerprint density at radius 1 is 1.34 bits per heavy atom. The third-order valence-corrected chi connectivity index (χ3v) is 6.36. The predicted octanol–water partition coefficient (Wildman–Crippen LogP) is 5.87. The smallest absolute Gasteiger partial charge is 0.123 e. The number of pyridine rings is 1. The first-order valence-electron chi connectivity index (χ1n) is 11.7. The van der Waals surface area contributed by atoms with E-state index in [1.807, 2.05) is 6.92 Å². The number of nitrogens with zero attached hydrogens (tertiary/aromatic N) is 3. The Labute approximate surface area is 191 Å². The molecule has 4 nitrogen and oxygen atoms in total. The molecule has 0 radical (unpaired) electrons. The quantitative estimate of drug-likeness (QED) is 0.479. The van der Waals surface area contributed by atoms with Gasteiger partial charge < -0.3 is 10.0 Å². The molecule has 5 heteroatoms. The SMILES string of the molecule is C=C(CCO)N(CCC)C(C)CCc1nc(C2CC2)c(-c2ccc(F)cc2)c(C)c1C#N. The van der Waals surface area contributed by atoms with E-state index in [1.54, 1.807) is 12.1 Å². The molecule has 1 saturated carbocycles. The van der Waals surface area contributed by atoms with E-state index >= 15 is 0 Å². The zero-order chi connectivity index (χ0) is 23.3. The van der Waals surface area contributed by atoms with Gasteiger partial charge in [-0.3, -0.25) is 4.98 Å². The summed E-state index contributed by atoms with van der Waals surface area (Å²) in [6.45, 7) is 11.5. The number of aromatic nitrogens is 1. The number of halogens is 1. The van der Waals surface area contributed by atoms with Crippen LogP contribution in [0, 0.1) is 24.1 Å². The van der Waals surface area contributed by atoms with Crippen molar-refractivity contribution >= 4 is 0 Å². The third-order valence-electron chi connectivity index (χ3n) is 6.36. The molecule has 2 aromatic rings. The molecule has 0 spiro atoms. The molecule has 32 heavy (non-hydrogen) atoms. The summed E-state index contributed by atoms with van der Waals surface area (Å²) in [4.78, 5) is 7.29. The van der Waals surface area contributed by atoms with Gasteiger partial charge in [0.25, 0.3) is 0 Å². The van der Waals surface area contributed by atoms with Gasteiger partial charge in [-0.25, -0.2) is 4.39 Å². The Hall–Kier alpha value is -2.71. The van der Waals surface area contributed by atoms with Gasteiger partial charge in [-0.2, -0.15) is 5.26 Å². The normalized spacial score (nSPS) is 14.1. The lowest BCUT2D eigenvalue weighted by molar-refractivity contribution is 0.224. The molecule has 1 aromatic carbocycles. The Kier molecular flexibility index (Phi) is 8.04. The largest absolute Gasteiger partial charge is 0.396 e. The van der Waals surface area contributed by atoms with Crippen molar-refractivity contribution in [2.75, 3.05) is 13.2 Å². The number of hydrogen-bond acceptors (Lipinski definition) is 4. The van der Waals surface area contributed by atoms with Crippen LogP contribution in [0.25, 0.3) is 11.1 Å². The van der Waals surface area contributed by atoms with Gasteiger partial charge in [0, 0.05) is 42.8 Å². The van der Waals surface area contributed by atoms with Crippen molar-refractivity contribution < 1.29 is 9.50 Å². The van der Waals surface area contributed by atoms with Crippen molar-refractivity contribution in [3.8, 4) is 17.2 Å². The first-order valence-corrected chi connectivity index (χ1v) is 11.7. The molecule has 1 aliphatic rings. The third kappa shape index (κ3) is 5.37. The molecule has 1 aliphatic carbocycles. The molecule has 0 bridgehead atoms. The molecule has 3 rings (SSSR count). The highest BCUT2D eigenvalue weighted by molar-refractivity contribution is 5.73. The summed E-state index contributed by atoms with van der Waals surface area (Å²) in [5, 5.41) is 19.3. The monoisotopic (exact) mass is 435 g/mol. The summed E-state index contributed by atoms with van der Waals surface area (Å²) in [7, 11) is 0. The maximum absolute atomic E-state index is 13.5. The van der Waals surface area contributed by atoms with Crippen molar-refractivity contribution in [3.63, 3.8) is 0 Å². The van der Waals surface area contributed by atoms with Gasteiger partial charge in [0.15, 0.2) is 0 Å². The highest BCUT2D eigenvalue weighted by Gasteiger charge is 2.31. The zero-order valence-electron chi connectivity index (χ0n) is 19.5. The Balaban J connectivity index is 1.91. The van der Waals surface area contributed by atoms with Crippen LogP contribution in [0.5, 0.6) is 0 Å². The molecular formula is C27H34FN3O. The van der Waals surface area contributed by atoms with E-state index in [1.165, 1.54) is 12.1 Å². The van der Waals surface area contributed by atoms with Gasteiger partial charge in [-0.05, 0) is 69.2 Å². The summed E-state index contributed by atoms with van der Waals surface area (Å²) in [6, 6.07) is 9.13. The van der Waals surface area contributed by atoms with Crippen LogP contribution in [0.15, 0.2) is 36.5 Å². The number of nitriles is 1. The second-order valence-electron chi connectivity index (χ2n) is 8.83. The highest BCUT2D eigenvalue weighted by atomic mass is 19.1. The van der Waals surface area contributed by atoms with E-state index in [0.29, 0.717) is 24.3 Å². The fraction of sp³-hybridized carbons (Fsp3) is 0.481. The maximum Gasteiger partial charge on any atom is 0.123 e. The van der Waals surface area contributed by atoms with Crippen LogP contribution >= 0.6 is 0 Å². The van der Waals surface area contributed by atoms with E-state index in [4.69, 9.17) is 4.98 Å². The van der Waals surface area contributed by atoms with Crippen LogP contribution in [0.1, 0.15) is 74.4 Å². The lowest BCUT2D eigenvalue weighted by Gasteiger charge is -2.33. The first kappa shape index (κ1) is 23.9. The number of hydrogen-bond donors (Lipinski definition) is 1. The molecule has 170 valence electrons. The molecule has 1 N–H and O–H groups in total. The standard InChI is InChI=1S/C27H34FN3O/c1-5-15-31(19(3)14-16-32)18(2)6-13-25-24(17-29)20(4)26(27(30-25)22-7-8-22)21-9-11-23(28)12-10-21/h9-12,18,22,32H,3,5-8,13-16H2,1-2,4H3. The summed E-state index contributed by atoms with van der Waals surface area (Å²) in [5.74, 6) is 0.149. The minimum Gasteiger partial charge on any atom is -0.396 e. The van der Waals surface area contributed by atoms with Crippen molar-refractivity contribution in [2.45, 2.75) is 71.3 Å². The predicted molar refractivity (Wildman–Crippen MR) is 127 cm³/mol. The minimum absolute atomic E-state index is 0.0979. The fourth-order valence-electron chi connectivity index (χ4n) is 4.46. The molecule has 0 aliphatic heterocycles. The van der Waals surface area contributed by atoms with E-state index in [9.17, 15) is 14.8 Å². The number of rotatable bonds is 11. The summed E-state index contributed by atoms with van der Waals surface area (Å²) in [5.41, 5.74) is 6.34. The average molecular weight is 436 g/mol. The number of aliphatic hydroxyl groups excluding tert-OH is 1. The van der Waals surface area contributed by atoms with Crippen LogP contribution < -0.4 is 0 Å². The Bertz CT molecular complexity index is 989. The summed E-state index contributed by atoms with van der Waals surface area (Å²) in [6.07, 6.45) is 5.35. The van der Waals surface area contributed by atoms with Crippen LogP contribution in [0.4, 0.5) is 4.39 Å². The number of aryl methyl sites for hydroxylation is 1. The van der Waals surface area contributed by atoms with Crippen molar-refractivity contribution in [1.82, 2.24) is 9.88 Å². The molecule has 1 fully saturated rings. The number of benzene rings is 1. The molecule has 1 atom stereocenters. The van der Waals surface area contributed by atoms with Gasteiger partial charge in [0.1, 0.15) is 11.9 Å². The van der Waals surface area contributed by atoms with Gasteiger partial charge in [-0.15, -0.1) is 0 Å². The van der Waals surface area contributed by atoms with E-state index in [0.717, 1.165) is 66.0 Å². The Morgan fingerprint density at radius 2 is 2.03 bits per heavy atom. The van der Waals surface area contributed by atoms with Gasteiger partial charge in [0.2, 0.25) is 0 Å². The summed E-state index contributed by atoms with van der Waals surface area (Å²) < 4.78 is 13.5. The second kappa shape index (κ2) is 10.7. The van der Waals surface area contributed by atoms with Gasteiger partial charge >= 0.3 is 0 Å². The Morgan fingerprint density at radius 3 is 2.59 bits per heavy atom. The van der Waals surface area contributed by atoms with Crippen LogP contribution in [-0.2, 0) is 6.42 Å². The van der Waals surface area contributed by atoms with Crippen molar-refractivity contribution in [3.05, 3.63) is 64.9 Å². The molecule has 0 amide bonds. The van der Waals surface area contributed by atoms with E-state index in [2.05, 4.69) is 31.4 Å². The molecule has 0 saturated heterocycles. The van der Waals surface area contributed by atoms with Crippen molar-refractivity contribution in [2.24, 2.45) is 0 Å². The van der Waals surface area contributed by atoms with E-state index in [-0.39, 0.29) is 18.5 Å². The molecule has 1 aromatic heterocycles. The van der Waals surface area contributed by atoms with Crippen LogP contribution in [-0.4, -0.2) is 34.2 Å². The topological polar surface area (TPSA) is 60.1 Å². The average Bonchev–Trinajstić information content (AvgIpc) is 3.62. The number of aliphatic hydroxyl groups is 1. The lowest BCUT2D eigenvalue weighted by atomic mass is 9.91. The molecular weight excluding hydrogens is 401 g/mol. The lowest BCUT2D eigenvalue weighted by Crippen LogP contribution is -2.33. The zero-order valence-corrected chi connectivity index (χ0v) is 19.5. The fourth-order valence-corrected chi connectivity index (χ4v) is 4.46. The second-order valence-corrected chi connectivity index (χ2v) is 8.83. The molecule has 1 unspecified atom stereocenters. The molecule has 1 heterocycles. The van der Waals surface area contributed by atoms with Crippen molar-refractivity contribution in [1.29, 1.82) is 5.26 Å². The van der Waals surface area contributed by atoms with Gasteiger partial charge in [-0.1, -0.05) is 25.6 Å².